The van der Waals surface area contributed by atoms with Crippen molar-refractivity contribution in [1.29, 1.82) is 0 Å². The van der Waals surface area contributed by atoms with Crippen molar-refractivity contribution in [3.8, 4) is 0 Å². The van der Waals surface area contributed by atoms with E-state index in [1.54, 1.807) is 6.07 Å². The predicted molar refractivity (Wildman–Crippen MR) is 119 cm³/mol. The summed E-state index contributed by atoms with van der Waals surface area (Å²) in [5.41, 5.74) is 13.0. The predicted octanol–water partition coefficient (Wildman–Crippen LogP) is 1.78. The maximum absolute atomic E-state index is 12.7. The highest BCUT2D eigenvalue weighted by atomic mass is 16.4. The molecule has 0 aromatic heterocycles. The van der Waals surface area contributed by atoms with Gasteiger partial charge in [0, 0.05) is 12.0 Å². The average Bonchev–Trinajstić information content (AvgIpc) is 2.74. The van der Waals surface area contributed by atoms with Crippen molar-refractivity contribution in [2.75, 3.05) is 7.05 Å². The Balaban J connectivity index is 2.46. The van der Waals surface area contributed by atoms with E-state index in [9.17, 15) is 24.6 Å². The third-order valence-electron chi connectivity index (χ3n) is 6.07. The Bertz CT molecular complexity index is 1080. The van der Waals surface area contributed by atoms with Gasteiger partial charge in [-0.25, -0.2) is 9.59 Å². The Morgan fingerprint density at radius 3 is 2.28 bits per heavy atom. The fourth-order valence-electron chi connectivity index (χ4n) is 4.77. The van der Waals surface area contributed by atoms with Gasteiger partial charge in [-0.05, 0) is 35.7 Å². The molecular formula is C24H27N3O5. The first-order valence-electron chi connectivity index (χ1n) is 10.3. The number of primary amides is 1. The molecule has 1 aliphatic rings. The highest BCUT2D eigenvalue weighted by Crippen LogP contribution is 2.48. The van der Waals surface area contributed by atoms with Crippen molar-refractivity contribution in [2.24, 2.45) is 11.5 Å². The fourth-order valence-corrected chi connectivity index (χ4v) is 4.77. The van der Waals surface area contributed by atoms with E-state index in [1.165, 1.54) is 11.9 Å². The van der Waals surface area contributed by atoms with Crippen LogP contribution in [0.3, 0.4) is 0 Å². The molecule has 0 spiro atoms. The van der Waals surface area contributed by atoms with Gasteiger partial charge in [-0.3, -0.25) is 9.69 Å². The standard InChI is InChI=1S/C24H27N3O5/c1-3-8-15-11-7-12-16-19(14-9-5-4-6-10-14)21(22(25)30)27(2)24(26,20(15)16)17(23(31)32)13-18(28)29/h4-7,9-13,19,21H,3,8,26H2,1-2H3,(H2,25,30)(H,28,29)(H,31,32). The van der Waals surface area contributed by atoms with Gasteiger partial charge in [0.05, 0.1) is 5.57 Å². The van der Waals surface area contributed by atoms with Gasteiger partial charge < -0.3 is 21.7 Å². The van der Waals surface area contributed by atoms with Crippen LogP contribution >= 0.6 is 0 Å². The molecule has 6 N–H and O–H groups in total. The molecule has 3 atom stereocenters. The summed E-state index contributed by atoms with van der Waals surface area (Å²) in [5, 5.41) is 19.3. The van der Waals surface area contributed by atoms with E-state index < -0.39 is 41.0 Å². The number of aryl methyl sites for hydroxylation is 1. The summed E-state index contributed by atoms with van der Waals surface area (Å²) in [4.78, 5) is 37.9. The number of amides is 1. The van der Waals surface area contributed by atoms with Crippen molar-refractivity contribution in [3.63, 3.8) is 0 Å². The molecule has 2 aromatic carbocycles. The van der Waals surface area contributed by atoms with E-state index in [-0.39, 0.29) is 0 Å². The van der Waals surface area contributed by atoms with E-state index in [4.69, 9.17) is 11.5 Å². The summed E-state index contributed by atoms with van der Waals surface area (Å²) in [6.45, 7) is 1.98. The van der Waals surface area contributed by atoms with Crippen molar-refractivity contribution in [1.82, 2.24) is 4.90 Å². The first-order chi connectivity index (χ1) is 15.1. The largest absolute Gasteiger partial charge is 0.478 e. The maximum atomic E-state index is 12.7. The lowest BCUT2D eigenvalue weighted by Crippen LogP contribution is -2.65. The van der Waals surface area contributed by atoms with Crippen LogP contribution in [-0.2, 0) is 26.5 Å². The molecule has 0 aliphatic carbocycles. The number of benzene rings is 2. The van der Waals surface area contributed by atoms with Crippen molar-refractivity contribution >= 4 is 17.8 Å². The second-order valence-electron chi connectivity index (χ2n) is 7.95. The molecule has 3 rings (SSSR count). The Morgan fingerprint density at radius 2 is 1.75 bits per heavy atom. The minimum atomic E-state index is -1.89. The first-order valence-corrected chi connectivity index (χ1v) is 10.3. The summed E-state index contributed by atoms with van der Waals surface area (Å²) in [7, 11) is 1.51. The van der Waals surface area contributed by atoms with Gasteiger partial charge in [0.1, 0.15) is 11.7 Å². The van der Waals surface area contributed by atoms with Crippen LogP contribution < -0.4 is 11.5 Å². The number of fused-ring (bicyclic) bond motifs is 1. The monoisotopic (exact) mass is 437 g/mol. The second-order valence-corrected chi connectivity index (χ2v) is 7.95. The molecular weight excluding hydrogens is 410 g/mol. The lowest BCUT2D eigenvalue weighted by atomic mass is 9.70. The van der Waals surface area contributed by atoms with Gasteiger partial charge in [0.2, 0.25) is 5.91 Å². The number of carboxylic acids is 2. The van der Waals surface area contributed by atoms with Gasteiger partial charge in [-0.2, -0.15) is 0 Å². The summed E-state index contributed by atoms with van der Waals surface area (Å²) in [6, 6.07) is 13.8. The van der Waals surface area contributed by atoms with Crippen LogP contribution in [0.1, 0.15) is 41.5 Å². The molecule has 0 saturated carbocycles. The van der Waals surface area contributed by atoms with Crippen molar-refractivity contribution in [3.05, 3.63) is 82.4 Å². The lowest BCUT2D eigenvalue weighted by molar-refractivity contribution is -0.138. The zero-order valence-corrected chi connectivity index (χ0v) is 18.0. The van der Waals surface area contributed by atoms with Gasteiger partial charge in [0.15, 0.2) is 0 Å². The molecule has 0 saturated heterocycles. The second kappa shape index (κ2) is 8.94. The first kappa shape index (κ1) is 23.2. The number of carboxylic acid groups (broad SMARTS) is 2. The normalized spacial score (nSPS) is 23.4. The molecule has 0 bridgehead atoms. The average molecular weight is 437 g/mol. The van der Waals surface area contributed by atoms with E-state index in [0.717, 1.165) is 17.5 Å². The molecule has 0 radical (unpaired) electrons. The molecule has 1 heterocycles. The number of hydrogen-bond acceptors (Lipinski definition) is 5. The highest BCUT2D eigenvalue weighted by Gasteiger charge is 2.53. The summed E-state index contributed by atoms with van der Waals surface area (Å²) >= 11 is 0. The van der Waals surface area contributed by atoms with Gasteiger partial charge >= 0.3 is 11.9 Å². The Morgan fingerprint density at radius 1 is 1.09 bits per heavy atom. The van der Waals surface area contributed by atoms with Crippen LogP contribution in [0.5, 0.6) is 0 Å². The number of aliphatic carboxylic acids is 2. The van der Waals surface area contributed by atoms with Crippen LogP contribution in [0.4, 0.5) is 0 Å². The van der Waals surface area contributed by atoms with E-state index in [0.29, 0.717) is 23.6 Å². The van der Waals surface area contributed by atoms with Crippen LogP contribution in [-0.4, -0.2) is 46.0 Å². The van der Waals surface area contributed by atoms with Crippen molar-refractivity contribution < 1.29 is 24.6 Å². The quantitative estimate of drug-likeness (QED) is 0.483. The van der Waals surface area contributed by atoms with Crippen LogP contribution in [0.2, 0.25) is 0 Å². The molecule has 8 heteroatoms. The number of rotatable bonds is 7. The SMILES string of the molecule is CCCc1cccc2c1C(N)(C(=CC(=O)O)C(=O)O)N(C)C(C(N)=O)C2c1ccccc1. The minimum Gasteiger partial charge on any atom is -0.478 e. The summed E-state index contributed by atoms with van der Waals surface area (Å²) < 4.78 is 0. The Kier molecular flexibility index (Phi) is 6.47. The van der Waals surface area contributed by atoms with Crippen LogP contribution in [0.25, 0.3) is 0 Å². The number of carbonyl (C=O) groups is 3. The molecule has 3 unspecified atom stereocenters. The summed E-state index contributed by atoms with van der Waals surface area (Å²) in [5.74, 6) is -4.14. The number of nitrogens with zero attached hydrogens (tertiary/aromatic N) is 1. The molecule has 1 amide bonds. The zero-order valence-electron chi connectivity index (χ0n) is 18.0. The zero-order chi connectivity index (χ0) is 23.6. The molecule has 8 nitrogen and oxygen atoms in total. The summed E-state index contributed by atoms with van der Waals surface area (Å²) in [6.07, 6.45) is 1.95. The molecule has 0 fully saturated rings. The van der Waals surface area contributed by atoms with Crippen LogP contribution in [0.15, 0.2) is 60.2 Å². The Labute approximate surface area is 186 Å². The number of hydrogen-bond donors (Lipinski definition) is 4. The number of nitrogens with two attached hydrogens (primary N) is 2. The molecule has 32 heavy (non-hydrogen) atoms. The van der Waals surface area contributed by atoms with Crippen LogP contribution in [0, 0.1) is 0 Å². The molecule has 168 valence electrons. The van der Waals surface area contributed by atoms with Crippen molar-refractivity contribution in [2.45, 2.75) is 37.4 Å². The van der Waals surface area contributed by atoms with Gasteiger partial charge in [-0.15, -0.1) is 0 Å². The number of carbonyl (C=O) groups excluding carboxylic acids is 1. The minimum absolute atomic E-state index is 0.491. The number of likely N-dealkylation sites (N-methyl/N-ethyl adjacent to an activating group) is 1. The van der Waals surface area contributed by atoms with Gasteiger partial charge in [-0.1, -0.05) is 61.9 Å². The Hall–Kier alpha value is -3.49. The third kappa shape index (κ3) is 3.79. The third-order valence-corrected chi connectivity index (χ3v) is 6.07. The van der Waals surface area contributed by atoms with E-state index in [1.807, 2.05) is 49.4 Å². The molecule has 1 aliphatic heterocycles. The van der Waals surface area contributed by atoms with E-state index >= 15 is 0 Å². The highest BCUT2D eigenvalue weighted by molar-refractivity contribution is 5.97. The fraction of sp³-hybridized carbons (Fsp3) is 0.292. The lowest BCUT2D eigenvalue weighted by Gasteiger charge is -2.51. The topological polar surface area (TPSA) is 147 Å². The smallest absolute Gasteiger partial charge is 0.335 e. The van der Waals surface area contributed by atoms with E-state index in [2.05, 4.69) is 0 Å². The van der Waals surface area contributed by atoms with Gasteiger partial charge in [0.25, 0.3) is 0 Å². The molecule has 2 aromatic rings. The maximum Gasteiger partial charge on any atom is 0.335 e.